The molecule has 4 rings (SSSR count). The highest BCUT2D eigenvalue weighted by molar-refractivity contribution is 7.92. The molecule has 3 aromatic carbocycles. The van der Waals surface area contributed by atoms with Gasteiger partial charge in [-0.3, -0.25) is 9.10 Å². The second-order valence-electron chi connectivity index (χ2n) is 8.93. The number of ether oxygens (including phenoxy) is 1. The maximum Gasteiger partial charge on any atom is 0.264 e. The van der Waals surface area contributed by atoms with E-state index in [1.807, 2.05) is 55.7 Å². The average molecular weight is 565 g/mol. The molecule has 1 amide bonds. The van der Waals surface area contributed by atoms with Crippen molar-refractivity contribution < 1.29 is 17.9 Å². The Morgan fingerprint density at radius 3 is 2.46 bits per heavy atom. The lowest BCUT2D eigenvalue weighted by atomic mass is 10.2. The van der Waals surface area contributed by atoms with Crippen molar-refractivity contribution in [3.63, 3.8) is 0 Å². The molecule has 0 atom stereocenters. The van der Waals surface area contributed by atoms with Gasteiger partial charge in [0.2, 0.25) is 0 Å². The molecule has 0 spiro atoms. The van der Waals surface area contributed by atoms with Gasteiger partial charge in [0.1, 0.15) is 12.3 Å². The number of hydrogen-bond donors (Lipinski definition) is 1. The normalized spacial score (nSPS) is 11.5. The number of carbonyl (C=O) groups is 1. The summed E-state index contributed by atoms with van der Waals surface area (Å²) in [6, 6.07) is 22.5. The van der Waals surface area contributed by atoms with Crippen LogP contribution in [0.1, 0.15) is 22.5 Å². The van der Waals surface area contributed by atoms with Crippen molar-refractivity contribution in [3.8, 4) is 11.4 Å². The Balaban J connectivity index is 1.60. The average Bonchev–Trinajstić information content (AvgIpc) is 3.20. The number of amides is 1. The third-order valence-corrected chi connectivity index (χ3v) is 8.16. The van der Waals surface area contributed by atoms with Crippen LogP contribution >= 0.6 is 11.6 Å². The monoisotopic (exact) mass is 564 g/mol. The van der Waals surface area contributed by atoms with E-state index in [9.17, 15) is 13.2 Å². The van der Waals surface area contributed by atoms with Crippen LogP contribution in [0.4, 0.5) is 5.69 Å². The Morgan fingerprint density at radius 1 is 1.03 bits per heavy atom. The zero-order valence-corrected chi connectivity index (χ0v) is 23.6. The summed E-state index contributed by atoms with van der Waals surface area (Å²) in [5.74, 6) is -0.289. The first-order chi connectivity index (χ1) is 18.6. The fourth-order valence-corrected chi connectivity index (χ4v) is 5.91. The van der Waals surface area contributed by atoms with Crippen LogP contribution in [0.25, 0.3) is 5.69 Å². The molecule has 0 fully saturated rings. The van der Waals surface area contributed by atoms with Gasteiger partial charge in [-0.2, -0.15) is 5.10 Å². The number of nitrogens with zero attached hydrogens (tertiary/aromatic N) is 3. The minimum absolute atomic E-state index is 0.0540. The maximum atomic E-state index is 13.6. The third-order valence-electron chi connectivity index (χ3n) is 6.15. The quantitative estimate of drug-likeness (QED) is 0.217. The van der Waals surface area contributed by atoms with Crippen LogP contribution in [0.15, 0.2) is 88.9 Å². The largest absolute Gasteiger partial charge is 0.495 e. The first kappa shape index (κ1) is 27.9. The number of anilines is 1. The van der Waals surface area contributed by atoms with Crippen LogP contribution in [-0.2, 0) is 14.8 Å². The van der Waals surface area contributed by atoms with Gasteiger partial charge in [0.25, 0.3) is 15.9 Å². The van der Waals surface area contributed by atoms with Gasteiger partial charge in [0, 0.05) is 27.7 Å². The number of methoxy groups -OCH3 is 1. The lowest BCUT2D eigenvalue weighted by Gasteiger charge is -2.25. The number of aryl methyl sites for hydroxylation is 2. The number of nitrogens with one attached hydrogen (secondary N) is 1. The van der Waals surface area contributed by atoms with Crippen molar-refractivity contribution in [2.75, 3.05) is 18.0 Å². The van der Waals surface area contributed by atoms with E-state index in [1.165, 1.54) is 25.5 Å². The van der Waals surface area contributed by atoms with E-state index in [-0.39, 0.29) is 10.6 Å². The van der Waals surface area contributed by atoms with Gasteiger partial charge in [-0.25, -0.2) is 13.8 Å². The van der Waals surface area contributed by atoms with Crippen LogP contribution in [0, 0.1) is 20.8 Å². The highest BCUT2D eigenvalue weighted by Crippen LogP contribution is 2.33. The molecule has 0 saturated heterocycles. The summed E-state index contributed by atoms with van der Waals surface area (Å²) >= 11 is 6.17. The fraction of sp³-hybridized carbons (Fsp3) is 0.172. The van der Waals surface area contributed by atoms with E-state index in [0.717, 1.165) is 32.5 Å². The van der Waals surface area contributed by atoms with Crippen LogP contribution in [0.5, 0.6) is 5.75 Å². The molecule has 0 unspecified atom stereocenters. The molecule has 39 heavy (non-hydrogen) atoms. The highest BCUT2D eigenvalue weighted by atomic mass is 35.5. The smallest absolute Gasteiger partial charge is 0.264 e. The van der Waals surface area contributed by atoms with Crippen molar-refractivity contribution in [2.45, 2.75) is 25.7 Å². The zero-order chi connectivity index (χ0) is 28.2. The molecule has 202 valence electrons. The van der Waals surface area contributed by atoms with E-state index in [1.54, 1.807) is 36.4 Å². The number of hydrogen-bond acceptors (Lipinski definition) is 5. The number of carbonyl (C=O) groups excluding carboxylic acids is 1. The number of hydrazone groups is 1. The molecule has 8 nitrogen and oxygen atoms in total. The summed E-state index contributed by atoms with van der Waals surface area (Å²) in [6.07, 6.45) is 1.53. The van der Waals surface area contributed by atoms with Gasteiger partial charge in [-0.1, -0.05) is 41.9 Å². The molecule has 4 aromatic rings. The number of halogens is 1. The molecular weight excluding hydrogens is 536 g/mol. The van der Waals surface area contributed by atoms with Gasteiger partial charge in [-0.05, 0) is 74.9 Å². The van der Waals surface area contributed by atoms with E-state index in [2.05, 4.69) is 10.5 Å². The summed E-state index contributed by atoms with van der Waals surface area (Å²) < 4.78 is 35.7. The van der Waals surface area contributed by atoms with E-state index in [4.69, 9.17) is 16.3 Å². The van der Waals surface area contributed by atoms with Crippen molar-refractivity contribution in [1.29, 1.82) is 0 Å². The molecule has 0 bridgehead atoms. The predicted octanol–water partition coefficient (Wildman–Crippen LogP) is 5.41. The Hall–Kier alpha value is -4.08. The summed E-state index contributed by atoms with van der Waals surface area (Å²) in [5, 5.41) is 4.74. The molecule has 10 heteroatoms. The highest BCUT2D eigenvalue weighted by Gasteiger charge is 2.29. The first-order valence-electron chi connectivity index (χ1n) is 12.1. The number of rotatable bonds is 9. The van der Waals surface area contributed by atoms with Crippen LogP contribution < -0.4 is 14.5 Å². The number of aromatic nitrogens is 1. The first-order valence-corrected chi connectivity index (χ1v) is 13.9. The summed E-state index contributed by atoms with van der Waals surface area (Å²) in [7, 11) is -2.64. The van der Waals surface area contributed by atoms with Gasteiger partial charge >= 0.3 is 0 Å². The zero-order valence-electron chi connectivity index (χ0n) is 22.1. The molecule has 1 N–H and O–H groups in total. The molecule has 1 heterocycles. The Labute approximate surface area is 233 Å². The molecule has 0 aliphatic rings. The molecule has 0 aliphatic carbocycles. The van der Waals surface area contributed by atoms with Crippen molar-refractivity contribution in [2.24, 2.45) is 5.10 Å². The maximum absolute atomic E-state index is 13.6. The molecule has 1 aromatic heterocycles. The fourth-order valence-electron chi connectivity index (χ4n) is 4.28. The third kappa shape index (κ3) is 6.16. The molecule has 0 saturated carbocycles. The molecule has 0 radical (unpaired) electrons. The minimum Gasteiger partial charge on any atom is -0.495 e. The summed E-state index contributed by atoms with van der Waals surface area (Å²) in [5.41, 5.74) is 7.11. The van der Waals surface area contributed by atoms with Crippen molar-refractivity contribution in [3.05, 3.63) is 106 Å². The lowest BCUT2D eigenvalue weighted by Crippen LogP contribution is -2.39. The van der Waals surface area contributed by atoms with E-state index in [0.29, 0.717) is 10.8 Å². The standard InChI is InChI=1S/C29H29ClN4O4S/c1-20-13-14-28(38-4)27(15-20)33(39(36,37)26-11-6-5-7-12-26)19-29(35)32-31-18-23-16-21(2)34(22(23)3)25-10-8-9-24(30)17-25/h5-18H,19H2,1-4H3,(H,32,35)/b31-18-. The van der Waals surface area contributed by atoms with Crippen LogP contribution in [0.3, 0.4) is 0 Å². The van der Waals surface area contributed by atoms with Crippen LogP contribution in [-0.4, -0.2) is 38.8 Å². The molecular formula is C29H29ClN4O4S. The second kappa shape index (κ2) is 11.8. The Morgan fingerprint density at radius 2 is 1.77 bits per heavy atom. The van der Waals surface area contributed by atoms with E-state index < -0.39 is 22.5 Å². The van der Waals surface area contributed by atoms with E-state index >= 15 is 0 Å². The van der Waals surface area contributed by atoms with Gasteiger partial charge in [0.15, 0.2) is 0 Å². The van der Waals surface area contributed by atoms with Gasteiger partial charge in [0.05, 0.1) is 23.9 Å². The van der Waals surface area contributed by atoms with Gasteiger partial charge in [-0.15, -0.1) is 0 Å². The topological polar surface area (TPSA) is 93.0 Å². The molecule has 0 aliphatic heterocycles. The minimum atomic E-state index is -4.09. The van der Waals surface area contributed by atoms with Gasteiger partial charge < -0.3 is 9.30 Å². The SMILES string of the molecule is COc1ccc(C)cc1N(CC(=O)N/N=C\c1cc(C)n(-c2cccc(Cl)c2)c1C)S(=O)(=O)c1ccccc1. The number of benzene rings is 3. The number of sulfonamides is 1. The van der Waals surface area contributed by atoms with Crippen molar-refractivity contribution in [1.82, 2.24) is 9.99 Å². The lowest BCUT2D eigenvalue weighted by molar-refractivity contribution is -0.119. The van der Waals surface area contributed by atoms with Crippen LogP contribution in [0.2, 0.25) is 5.02 Å². The Bertz CT molecular complexity index is 1630. The summed E-state index contributed by atoms with van der Waals surface area (Å²) in [4.78, 5) is 13.1. The predicted molar refractivity (Wildman–Crippen MR) is 155 cm³/mol. The summed E-state index contributed by atoms with van der Waals surface area (Å²) in [6.45, 7) is 5.23. The van der Waals surface area contributed by atoms with Crippen molar-refractivity contribution >= 4 is 39.4 Å². The Kier molecular flexibility index (Phi) is 8.42. The second-order valence-corrected chi connectivity index (χ2v) is 11.2.